The van der Waals surface area contributed by atoms with Gasteiger partial charge in [-0.25, -0.2) is 4.39 Å². The van der Waals surface area contributed by atoms with Gasteiger partial charge in [0.1, 0.15) is 5.82 Å². The van der Waals surface area contributed by atoms with Gasteiger partial charge in [-0.2, -0.15) is 0 Å². The Morgan fingerprint density at radius 3 is 2.31 bits per heavy atom. The molecular formula is C22H27FN2O4. The Bertz CT molecular complexity index is 824. The number of ether oxygens (including phenoxy) is 1. The second-order valence-corrected chi connectivity index (χ2v) is 9.25. The van der Waals surface area contributed by atoms with E-state index in [9.17, 15) is 18.8 Å². The number of anilines is 1. The molecule has 2 unspecified atom stereocenters. The van der Waals surface area contributed by atoms with Gasteiger partial charge in [-0.05, 0) is 81.5 Å². The van der Waals surface area contributed by atoms with Crippen LogP contribution in [-0.4, -0.2) is 29.4 Å². The van der Waals surface area contributed by atoms with Crippen LogP contribution in [0.2, 0.25) is 0 Å². The number of amides is 2. The molecule has 4 saturated carbocycles. The molecule has 4 fully saturated rings. The highest BCUT2D eigenvalue weighted by molar-refractivity contribution is 5.95. The van der Waals surface area contributed by atoms with Gasteiger partial charge in [0, 0.05) is 18.2 Å². The van der Waals surface area contributed by atoms with Crippen LogP contribution in [0.3, 0.4) is 0 Å². The summed E-state index contributed by atoms with van der Waals surface area (Å²) < 4.78 is 18.6. The number of benzene rings is 1. The first kappa shape index (κ1) is 19.9. The minimum atomic E-state index is -0.961. The molecular weight excluding hydrogens is 375 g/mol. The average molecular weight is 402 g/mol. The standard InChI is InChI=1S/C22H27FN2O4/c1-13(19(27)24-18-5-3-17(23)4-6-18)29-20(28)21-8-15-7-16(9-21)11-22(10-15,12-21)25-14(2)26/h3-6,13,15-16H,7-12H2,1-2H3,(H,24,27)(H,25,26)/t13-,15-,16+,21?,22?/m1/s1. The summed E-state index contributed by atoms with van der Waals surface area (Å²) in [5.41, 5.74) is -0.510. The summed E-state index contributed by atoms with van der Waals surface area (Å²) in [6.07, 6.45) is 4.06. The second-order valence-electron chi connectivity index (χ2n) is 9.25. The molecule has 0 spiro atoms. The van der Waals surface area contributed by atoms with Gasteiger partial charge in [0.2, 0.25) is 5.91 Å². The minimum absolute atomic E-state index is 0.0671. The third kappa shape index (κ3) is 3.87. The molecule has 5 atom stereocenters. The molecule has 4 aliphatic rings. The number of nitrogens with one attached hydrogen (secondary N) is 2. The molecule has 4 bridgehead atoms. The first-order valence-electron chi connectivity index (χ1n) is 10.2. The van der Waals surface area contributed by atoms with Crippen LogP contribution in [-0.2, 0) is 19.1 Å². The third-order valence-corrected chi connectivity index (χ3v) is 6.70. The van der Waals surface area contributed by atoms with Gasteiger partial charge in [-0.1, -0.05) is 0 Å². The number of carbonyl (C=O) groups excluding carboxylic acids is 3. The van der Waals surface area contributed by atoms with Crippen LogP contribution >= 0.6 is 0 Å². The molecule has 0 radical (unpaired) electrons. The number of hydrogen-bond acceptors (Lipinski definition) is 4. The molecule has 0 heterocycles. The lowest BCUT2D eigenvalue weighted by atomic mass is 9.47. The zero-order valence-electron chi connectivity index (χ0n) is 16.8. The minimum Gasteiger partial charge on any atom is -0.452 e. The van der Waals surface area contributed by atoms with Gasteiger partial charge in [-0.15, -0.1) is 0 Å². The lowest BCUT2D eigenvalue weighted by Gasteiger charge is -2.60. The number of halogens is 1. The van der Waals surface area contributed by atoms with Crippen LogP contribution in [0.15, 0.2) is 24.3 Å². The molecule has 1 aromatic rings. The monoisotopic (exact) mass is 402 g/mol. The molecule has 2 N–H and O–H groups in total. The summed E-state index contributed by atoms with van der Waals surface area (Å²) >= 11 is 0. The highest BCUT2D eigenvalue weighted by Crippen LogP contribution is 2.62. The predicted molar refractivity (Wildman–Crippen MR) is 104 cm³/mol. The van der Waals surface area contributed by atoms with Crippen molar-refractivity contribution in [3.05, 3.63) is 30.1 Å². The molecule has 0 aromatic heterocycles. The van der Waals surface area contributed by atoms with E-state index >= 15 is 0 Å². The van der Waals surface area contributed by atoms with E-state index < -0.39 is 23.2 Å². The lowest BCUT2D eigenvalue weighted by molar-refractivity contribution is -0.181. The van der Waals surface area contributed by atoms with Crippen molar-refractivity contribution in [1.82, 2.24) is 5.32 Å². The van der Waals surface area contributed by atoms with Gasteiger partial charge < -0.3 is 15.4 Å². The number of rotatable bonds is 5. The Hall–Kier alpha value is -2.44. The highest BCUT2D eigenvalue weighted by atomic mass is 19.1. The Labute approximate surface area is 169 Å². The van der Waals surface area contributed by atoms with Gasteiger partial charge in [0.05, 0.1) is 5.41 Å². The summed E-state index contributed by atoms with van der Waals surface area (Å²) in [5.74, 6) is -0.452. The lowest BCUT2D eigenvalue weighted by Crippen LogP contribution is -2.65. The number of esters is 1. The molecule has 2 amide bonds. The summed E-state index contributed by atoms with van der Waals surface area (Å²) in [7, 11) is 0. The normalized spacial score (nSPS) is 33.1. The molecule has 7 heteroatoms. The van der Waals surface area contributed by atoms with E-state index in [1.54, 1.807) is 6.92 Å². The zero-order chi connectivity index (χ0) is 20.8. The fraction of sp³-hybridized carbons (Fsp3) is 0.591. The van der Waals surface area contributed by atoms with E-state index in [2.05, 4.69) is 10.6 Å². The topological polar surface area (TPSA) is 84.5 Å². The van der Waals surface area contributed by atoms with Crippen molar-refractivity contribution < 1.29 is 23.5 Å². The van der Waals surface area contributed by atoms with Crippen LogP contribution in [0.1, 0.15) is 52.4 Å². The van der Waals surface area contributed by atoms with E-state index in [0.29, 0.717) is 23.9 Å². The summed E-state index contributed by atoms with van der Waals surface area (Å²) in [4.78, 5) is 37.4. The fourth-order valence-electron chi connectivity index (χ4n) is 6.14. The molecule has 156 valence electrons. The van der Waals surface area contributed by atoms with Crippen LogP contribution in [0, 0.1) is 23.1 Å². The van der Waals surface area contributed by atoms with Gasteiger partial charge >= 0.3 is 5.97 Å². The smallest absolute Gasteiger partial charge is 0.312 e. The Balaban J connectivity index is 1.44. The van der Waals surface area contributed by atoms with Gasteiger partial charge in [-0.3, -0.25) is 14.4 Å². The summed E-state index contributed by atoms with van der Waals surface area (Å²) in [5, 5.41) is 5.77. The van der Waals surface area contributed by atoms with Crippen molar-refractivity contribution in [3.8, 4) is 0 Å². The van der Waals surface area contributed by atoms with Gasteiger partial charge in [0.15, 0.2) is 6.10 Å². The number of carbonyl (C=O) groups is 3. The Kier molecular flexibility index (Phi) is 4.87. The maximum Gasteiger partial charge on any atom is 0.312 e. The molecule has 5 rings (SSSR count). The Morgan fingerprint density at radius 1 is 1.10 bits per heavy atom. The maximum absolute atomic E-state index is 13.2. The largest absolute Gasteiger partial charge is 0.452 e. The second kappa shape index (κ2) is 7.11. The first-order valence-corrected chi connectivity index (χ1v) is 10.2. The molecule has 0 aliphatic heterocycles. The third-order valence-electron chi connectivity index (χ3n) is 6.70. The molecule has 4 aliphatic carbocycles. The van der Waals surface area contributed by atoms with E-state index in [4.69, 9.17) is 4.74 Å². The molecule has 0 saturated heterocycles. The maximum atomic E-state index is 13.2. The highest BCUT2D eigenvalue weighted by Gasteiger charge is 2.61. The Morgan fingerprint density at radius 2 is 1.72 bits per heavy atom. The molecule has 1 aromatic carbocycles. The van der Waals surface area contributed by atoms with Crippen LogP contribution in [0.5, 0.6) is 0 Å². The van der Waals surface area contributed by atoms with Crippen molar-refractivity contribution in [2.24, 2.45) is 17.3 Å². The van der Waals surface area contributed by atoms with E-state index in [1.165, 1.54) is 31.2 Å². The SMILES string of the molecule is CC(=O)NC12C[C@H]3C[C@@H](C1)CC(C(=O)O[C@H](C)C(=O)Nc1ccc(F)cc1)(C3)C2. The van der Waals surface area contributed by atoms with Crippen LogP contribution in [0.25, 0.3) is 0 Å². The summed E-state index contributed by atoms with van der Waals surface area (Å²) in [6.45, 7) is 3.06. The van der Waals surface area contributed by atoms with Crippen molar-refractivity contribution >= 4 is 23.5 Å². The van der Waals surface area contributed by atoms with Crippen molar-refractivity contribution in [2.45, 2.75) is 64.0 Å². The molecule has 29 heavy (non-hydrogen) atoms. The van der Waals surface area contributed by atoms with Gasteiger partial charge in [0.25, 0.3) is 5.91 Å². The predicted octanol–water partition coefficient (Wildman–Crippen LogP) is 3.17. The van der Waals surface area contributed by atoms with E-state index in [-0.39, 0.29) is 17.4 Å². The van der Waals surface area contributed by atoms with Crippen molar-refractivity contribution in [3.63, 3.8) is 0 Å². The van der Waals surface area contributed by atoms with Crippen LogP contribution < -0.4 is 10.6 Å². The quantitative estimate of drug-likeness (QED) is 0.741. The summed E-state index contributed by atoms with van der Waals surface area (Å²) in [6, 6.07) is 5.42. The number of hydrogen-bond donors (Lipinski definition) is 2. The van der Waals surface area contributed by atoms with Crippen molar-refractivity contribution in [1.29, 1.82) is 0 Å². The van der Waals surface area contributed by atoms with E-state index in [1.807, 2.05) is 0 Å². The average Bonchev–Trinajstić information content (AvgIpc) is 2.61. The fourth-order valence-corrected chi connectivity index (χ4v) is 6.14. The van der Waals surface area contributed by atoms with Crippen molar-refractivity contribution in [2.75, 3.05) is 5.32 Å². The first-order chi connectivity index (χ1) is 13.7. The van der Waals surface area contributed by atoms with E-state index in [0.717, 1.165) is 32.1 Å². The zero-order valence-corrected chi connectivity index (χ0v) is 16.8. The van der Waals surface area contributed by atoms with Crippen LogP contribution in [0.4, 0.5) is 10.1 Å². The molecule has 6 nitrogen and oxygen atoms in total.